The molecule has 0 aromatic heterocycles. The van der Waals surface area contributed by atoms with E-state index in [2.05, 4.69) is 21.2 Å². The lowest BCUT2D eigenvalue weighted by Gasteiger charge is -2.35. The summed E-state index contributed by atoms with van der Waals surface area (Å²) in [5.74, 6) is -0.559. The SMILES string of the molecule is CN1C[C@@H]2[C@@H](c3ccccc3S2(=O)=O)[C@]12C(=O)Nc1ccc(Br)cc12. The summed E-state index contributed by atoms with van der Waals surface area (Å²) in [6.45, 7) is 0.334. The molecule has 2 aromatic carbocycles. The van der Waals surface area contributed by atoms with Crippen LogP contribution in [0.2, 0.25) is 0 Å². The lowest BCUT2D eigenvalue weighted by molar-refractivity contribution is -0.126. The molecular formula is C18H15BrN2O3S. The number of hydrogen-bond acceptors (Lipinski definition) is 4. The molecular weight excluding hydrogens is 404 g/mol. The number of halogens is 1. The van der Waals surface area contributed by atoms with Crippen LogP contribution in [0.3, 0.4) is 0 Å². The minimum atomic E-state index is -3.45. The molecule has 5 nitrogen and oxygen atoms in total. The predicted molar refractivity (Wildman–Crippen MR) is 97.2 cm³/mol. The number of benzene rings is 2. The van der Waals surface area contributed by atoms with Gasteiger partial charge in [-0.1, -0.05) is 34.1 Å². The van der Waals surface area contributed by atoms with Crippen LogP contribution in [-0.2, 0) is 20.2 Å². The van der Waals surface area contributed by atoms with Crippen LogP contribution in [0.15, 0.2) is 51.8 Å². The van der Waals surface area contributed by atoms with Gasteiger partial charge in [0.15, 0.2) is 9.84 Å². The molecule has 5 rings (SSSR count). The molecule has 1 amide bonds. The predicted octanol–water partition coefficient (Wildman–Crippen LogP) is 2.48. The second kappa shape index (κ2) is 4.72. The normalized spacial score (nSPS) is 31.7. The van der Waals surface area contributed by atoms with E-state index in [0.717, 1.165) is 21.3 Å². The van der Waals surface area contributed by atoms with Crippen LogP contribution in [0.4, 0.5) is 5.69 Å². The number of carbonyl (C=O) groups is 1. The molecule has 0 saturated carbocycles. The molecule has 0 radical (unpaired) electrons. The second-order valence-electron chi connectivity index (χ2n) is 6.89. The fraction of sp³-hybridized carbons (Fsp3) is 0.278. The van der Waals surface area contributed by atoms with Crippen molar-refractivity contribution in [2.24, 2.45) is 0 Å². The maximum atomic E-state index is 13.2. The number of hydrogen-bond donors (Lipinski definition) is 1. The average Bonchev–Trinajstić information content (AvgIpc) is 3.12. The van der Waals surface area contributed by atoms with Gasteiger partial charge in [-0.25, -0.2) is 8.42 Å². The Hall–Kier alpha value is -1.70. The molecule has 3 aliphatic rings. The molecule has 0 bridgehead atoms. The average molecular weight is 419 g/mol. The number of nitrogens with one attached hydrogen (secondary N) is 1. The standard InChI is InChI=1S/C18H15BrN2O3S/c1-21-9-15-16(11-4-2-3-5-14(11)25(15,23)24)18(21)12-8-10(19)6-7-13(12)20-17(18)22/h2-8,15-16H,9H2,1H3,(H,20,22)/t15-,16-,18-/m1/s1. The fourth-order valence-corrected chi connectivity index (χ4v) is 7.46. The number of rotatable bonds is 0. The Bertz CT molecular complexity index is 1050. The Morgan fingerprint density at radius 1 is 1.24 bits per heavy atom. The Morgan fingerprint density at radius 2 is 2.00 bits per heavy atom. The first kappa shape index (κ1) is 15.5. The van der Waals surface area contributed by atoms with Crippen molar-refractivity contribution in [2.75, 3.05) is 18.9 Å². The molecule has 1 saturated heterocycles. The number of sulfone groups is 1. The van der Waals surface area contributed by atoms with Crippen LogP contribution in [0.5, 0.6) is 0 Å². The van der Waals surface area contributed by atoms with Crippen molar-refractivity contribution in [1.82, 2.24) is 4.90 Å². The van der Waals surface area contributed by atoms with Crippen LogP contribution in [0.25, 0.3) is 0 Å². The highest BCUT2D eigenvalue weighted by atomic mass is 79.9. The van der Waals surface area contributed by atoms with Gasteiger partial charge in [0.2, 0.25) is 5.91 Å². The van der Waals surface area contributed by atoms with Gasteiger partial charge in [0, 0.05) is 28.2 Å². The highest BCUT2D eigenvalue weighted by molar-refractivity contribution is 9.10. The molecule has 0 aliphatic carbocycles. The molecule has 7 heteroatoms. The van der Waals surface area contributed by atoms with Gasteiger partial charge in [-0.05, 0) is 36.9 Å². The smallest absolute Gasteiger partial charge is 0.250 e. The van der Waals surface area contributed by atoms with Crippen molar-refractivity contribution in [3.63, 3.8) is 0 Å². The summed E-state index contributed by atoms with van der Waals surface area (Å²) < 4.78 is 27.0. The summed E-state index contributed by atoms with van der Waals surface area (Å²) in [6.07, 6.45) is 0. The summed E-state index contributed by atoms with van der Waals surface area (Å²) in [7, 11) is -1.61. The van der Waals surface area contributed by atoms with E-state index in [1.165, 1.54) is 0 Å². The van der Waals surface area contributed by atoms with Crippen LogP contribution < -0.4 is 5.32 Å². The minimum Gasteiger partial charge on any atom is -0.324 e. The second-order valence-corrected chi connectivity index (χ2v) is 9.94. The Kier molecular flexibility index (Phi) is 2.93. The van der Waals surface area contributed by atoms with Crippen LogP contribution >= 0.6 is 15.9 Å². The van der Waals surface area contributed by atoms with Crippen molar-refractivity contribution >= 4 is 37.4 Å². The van der Waals surface area contributed by atoms with Gasteiger partial charge in [0.05, 0.1) is 10.1 Å². The number of likely N-dealkylation sites (N-methyl/N-ethyl adjacent to an activating group) is 1. The Balaban J connectivity index is 1.86. The lowest BCUT2D eigenvalue weighted by atomic mass is 9.76. The molecule has 2 aromatic rings. The molecule has 1 fully saturated rings. The third-order valence-electron chi connectivity index (χ3n) is 5.82. The van der Waals surface area contributed by atoms with Gasteiger partial charge in [0.1, 0.15) is 5.54 Å². The first-order valence-electron chi connectivity index (χ1n) is 8.04. The molecule has 3 atom stereocenters. The van der Waals surface area contributed by atoms with Crippen molar-refractivity contribution in [3.05, 3.63) is 58.1 Å². The first-order chi connectivity index (χ1) is 11.9. The van der Waals surface area contributed by atoms with E-state index in [-0.39, 0.29) is 5.91 Å². The summed E-state index contributed by atoms with van der Waals surface area (Å²) in [5.41, 5.74) is 1.35. The van der Waals surface area contributed by atoms with Gasteiger partial charge in [-0.15, -0.1) is 0 Å². The topological polar surface area (TPSA) is 66.5 Å². The molecule has 128 valence electrons. The lowest BCUT2D eigenvalue weighted by Crippen LogP contribution is -2.48. The molecule has 0 unspecified atom stereocenters. The van der Waals surface area contributed by atoms with Gasteiger partial charge < -0.3 is 5.32 Å². The zero-order valence-electron chi connectivity index (χ0n) is 13.4. The van der Waals surface area contributed by atoms with E-state index in [0.29, 0.717) is 11.4 Å². The Labute approximate surface area is 154 Å². The van der Waals surface area contributed by atoms with Crippen LogP contribution in [0, 0.1) is 0 Å². The first-order valence-corrected chi connectivity index (χ1v) is 10.4. The maximum Gasteiger partial charge on any atom is 0.250 e. The van der Waals surface area contributed by atoms with Gasteiger partial charge in [-0.3, -0.25) is 9.69 Å². The zero-order valence-corrected chi connectivity index (χ0v) is 15.8. The fourth-order valence-electron chi connectivity index (χ4n) is 4.86. The van der Waals surface area contributed by atoms with E-state index in [1.54, 1.807) is 12.1 Å². The number of amides is 1. The quantitative estimate of drug-likeness (QED) is 0.713. The summed E-state index contributed by atoms with van der Waals surface area (Å²) in [4.78, 5) is 15.5. The molecule has 3 heterocycles. The van der Waals surface area contributed by atoms with Gasteiger partial charge in [-0.2, -0.15) is 0 Å². The van der Waals surface area contributed by atoms with E-state index >= 15 is 0 Å². The van der Waals surface area contributed by atoms with Crippen LogP contribution in [-0.4, -0.2) is 38.1 Å². The largest absolute Gasteiger partial charge is 0.324 e. The van der Waals surface area contributed by atoms with Crippen molar-refractivity contribution < 1.29 is 13.2 Å². The molecule has 3 aliphatic heterocycles. The highest BCUT2D eigenvalue weighted by Gasteiger charge is 2.68. The maximum absolute atomic E-state index is 13.2. The number of anilines is 1. The highest BCUT2D eigenvalue weighted by Crippen LogP contribution is 2.60. The molecule has 25 heavy (non-hydrogen) atoms. The van der Waals surface area contributed by atoms with E-state index < -0.39 is 26.5 Å². The van der Waals surface area contributed by atoms with E-state index in [4.69, 9.17) is 0 Å². The number of carbonyl (C=O) groups excluding carboxylic acids is 1. The summed E-state index contributed by atoms with van der Waals surface area (Å²) >= 11 is 3.49. The number of fused-ring (bicyclic) bond motifs is 6. The zero-order chi connectivity index (χ0) is 17.6. The third-order valence-corrected chi connectivity index (χ3v) is 8.52. The van der Waals surface area contributed by atoms with Crippen molar-refractivity contribution in [2.45, 2.75) is 21.6 Å². The third kappa shape index (κ3) is 1.66. The molecule has 1 N–H and O–H groups in total. The van der Waals surface area contributed by atoms with Crippen LogP contribution in [0.1, 0.15) is 17.0 Å². The van der Waals surface area contributed by atoms with Crippen molar-refractivity contribution in [1.29, 1.82) is 0 Å². The minimum absolute atomic E-state index is 0.150. The number of nitrogens with zero attached hydrogens (tertiary/aromatic N) is 1. The summed E-state index contributed by atoms with van der Waals surface area (Å²) in [6, 6.07) is 12.8. The van der Waals surface area contributed by atoms with Crippen molar-refractivity contribution in [3.8, 4) is 0 Å². The number of likely N-dealkylation sites (tertiary alicyclic amines) is 1. The van der Waals surface area contributed by atoms with E-state index in [1.807, 2.05) is 42.3 Å². The monoisotopic (exact) mass is 418 g/mol. The van der Waals surface area contributed by atoms with Gasteiger partial charge >= 0.3 is 0 Å². The van der Waals surface area contributed by atoms with E-state index in [9.17, 15) is 13.2 Å². The van der Waals surface area contributed by atoms with Gasteiger partial charge in [0.25, 0.3) is 0 Å². The Morgan fingerprint density at radius 3 is 2.80 bits per heavy atom. The summed E-state index contributed by atoms with van der Waals surface area (Å²) in [5, 5.41) is 2.36. The molecule has 1 spiro atoms.